The molecule has 1 fully saturated rings. The first-order valence-electron chi connectivity index (χ1n) is 8.63. The summed E-state index contributed by atoms with van der Waals surface area (Å²) >= 11 is 0. The van der Waals surface area contributed by atoms with E-state index in [4.69, 9.17) is 5.11 Å². The van der Waals surface area contributed by atoms with E-state index in [1.807, 2.05) is 6.92 Å². The molecule has 1 aromatic carbocycles. The van der Waals surface area contributed by atoms with E-state index >= 15 is 0 Å². The van der Waals surface area contributed by atoms with E-state index in [9.17, 15) is 14.4 Å². The smallest absolute Gasteiger partial charge is 0.313 e. The lowest BCUT2D eigenvalue weighted by molar-refractivity contribution is -0.145. The van der Waals surface area contributed by atoms with Gasteiger partial charge in [0.1, 0.15) is 0 Å². The number of carbonyl (C=O) groups is 3. The zero-order valence-electron chi connectivity index (χ0n) is 15.4. The number of amides is 3. The lowest BCUT2D eigenvalue weighted by Crippen LogP contribution is -2.56. The van der Waals surface area contributed by atoms with Crippen molar-refractivity contribution >= 4 is 29.1 Å². The SMILES string of the molecule is CC(=O)N(C)c1cccc(NC(=O)C(=O)N2CCN(CCO)C(C)C2)c1. The first-order chi connectivity index (χ1) is 12.3. The van der Waals surface area contributed by atoms with Crippen LogP contribution in [0.4, 0.5) is 11.4 Å². The summed E-state index contributed by atoms with van der Waals surface area (Å²) in [6.07, 6.45) is 0. The van der Waals surface area contributed by atoms with Crippen LogP contribution in [-0.2, 0) is 14.4 Å². The number of β-amino-alcohol motifs (C(OH)–C–C–N with tert-alkyl or cyclic N) is 1. The largest absolute Gasteiger partial charge is 0.395 e. The normalized spacial score (nSPS) is 17.7. The number of hydrogen-bond acceptors (Lipinski definition) is 5. The van der Waals surface area contributed by atoms with E-state index in [1.54, 1.807) is 31.3 Å². The number of hydrogen-bond donors (Lipinski definition) is 2. The Balaban J connectivity index is 1.98. The monoisotopic (exact) mass is 362 g/mol. The number of piperazine rings is 1. The van der Waals surface area contributed by atoms with Crippen molar-refractivity contribution in [2.75, 3.05) is 50.1 Å². The number of carbonyl (C=O) groups excluding carboxylic acids is 3. The van der Waals surface area contributed by atoms with E-state index in [0.29, 0.717) is 37.6 Å². The molecule has 0 radical (unpaired) electrons. The summed E-state index contributed by atoms with van der Waals surface area (Å²) in [6, 6.07) is 6.87. The molecule has 142 valence electrons. The number of aliphatic hydroxyl groups is 1. The maximum absolute atomic E-state index is 12.4. The molecule has 1 unspecified atom stereocenters. The van der Waals surface area contributed by atoms with Crippen LogP contribution in [-0.4, -0.2) is 78.5 Å². The lowest BCUT2D eigenvalue weighted by atomic mass is 10.2. The van der Waals surface area contributed by atoms with Crippen LogP contribution >= 0.6 is 0 Å². The molecule has 1 saturated heterocycles. The second-order valence-electron chi connectivity index (χ2n) is 6.44. The summed E-state index contributed by atoms with van der Waals surface area (Å²) in [7, 11) is 1.64. The summed E-state index contributed by atoms with van der Waals surface area (Å²) in [5.74, 6) is -1.40. The number of benzene rings is 1. The molecule has 8 heteroatoms. The molecule has 8 nitrogen and oxygen atoms in total. The van der Waals surface area contributed by atoms with Crippen LogP contribution in [0.3, 0.4) is 0 Å². The van der Waals surface area contributed by atoms with Crippen molar-refractivity contribution in [2.45, 2.75) is 19.9 Å². The standard InChI is InChI=1S/C18H26N4O4/c1-13-12-22(8-7-21(13)9-10-23)18(26)17(25)19-15-5-4-6-16(11-15)20(3)14(2)24/h4-6,11,13,23H,7-10,12H2,1-3H3,(H,19,25). The van der Waals surface area contributed by atoms with Crippen LogP contribution in [0, 0.1) is 0 Å². The summed E-state index contributed by atoms with van der Waals surface area (Å²) in [6.45, 7) is 5.57. The second kappa shape index (κ2) is 8.77. The number of anilines is 2. The highest BCUT2D eigenvalue weighted by Gasteiger charge is 2.29. The Kier molecular flexibility index (Phi) is 6.70. The molecule has 1 aromatic rings. The van der Waals surface area contributed by atoms with Crippen molar-refractivity contribution in [3.05, 3.63) is 24.3 Å². The molecule has 1 aliphatic rings. The summed E-state index contributed by atoms with van der Waals surface area (Å²) in [4.78, 5) is 41.3. The van der Waals surface area contributed by atoms with Crippen LogP contribution in [0.5, 0.6) is 0 Å². The number of aliphatic hydroxyl groups excluding tert-OH is 1. The van der Waals surface area contributed by atoms with Crippen molar-refractivity contribution < 1.29 is 19.5 Å². The van der Waals surface area contributed by atoms with Crippen molar-refractivity contribution in [2.24, 2.45) is 0 Å². The summed E-state index contributed by atoms with van der Waals surface area (Å²) < 4.78 is 0. The predicted octanol–water partition coefficient (Wildman–Crippen LogP) is 0.133. The molecule has 0 spiro atoms. The molecule has 0 aliphatic carbocycles. The zero-order valence-corrected chi connectivity index (χ0v) is 15.4. The van der Waals surface area contributed by atoms with Gasteiger partial charge < -0.3 is 20.2 Å². The Morgan fingerprint density at radius 3 is 2.65 bits per heavy atom. The average Bonchev–Trinajstić information content (AvgIpc) is 2.62. The van der Waals surface area contributed by atoms with Crippen LogP contribution < -0.4 is 10.2 Å². The Bertz CT molecular complexity index is 679. The molecule has 3 amide bonds. The fourth-order valence-electron chi connectivity index (χ4n) is 2.94. The zero-order chi connectivity index (χ0) is 19.3. The Hall–Kier alpha value is -2.45. The van der Waals surface area contributed by atoms with Gasteiger partial charge >= 0.3 is 11.8 Å². The molecule has 1 atom stereocenters. The summed E-state index contributed by atoms with van der Waals surface area (Å²) in [5, 5.41) is 11.7. The molecule has 0 saturated carbocycles. The van der Waals surface area contributed by atoms with Gasteiger partial charge in [0.15, 0.2) is 0 Å². The Labute approximate surface area is 153 Å². The average molecular weight is 362 g/mol. The fraction of sp³-hybridized carbons (Fsp3) is 0.500. The van der Waals surface area contributed by atoms with Gasteiger partial charge in [0, 0.05) is 57.6 Å². The third-order valence-electron chi connectivity index (χ3n) is 4.60. The molecule has 0 aromatic heterocycles. The molecule has 26 heavy (non-hydrogen) atoms. The highest BCUT2D eigenvalue weighted by atomic mass is 16.3. The van der Waals surface area contributed by atoms with Gasteiger partial charge in [-0.25, -0.2) is 0 Å². The van der Waals surface area contributed by atoms with Crippen molar-refractivity contribution in [3.8, 4) is 0 Å². The number of nitrogens with one attached hydrogen (secondary N) is 1. The highest BCUT2D eigenvalue weighted by Crippen LogP contribution is 2.19. The molecular weight excluding hydrogens is 336 g/mol. The maximum Gasteiger partial charge on any atom is 0.313 e. The van der Waals surface area contributed by atoms with Gasteiger partial charge in [-0.1, -0.05) is 6.07 Å². The van der Waals surface area contributed by atoms with E-state index in [0.717, 1.165) is 0 Å². The van der Waals surface area contributed by atoms with Crippen LogP contribution in [0.1, 0.15) is 13.8 Å². The minimum Gasteiger partial charge on any atom is -0.395 e. The van der Waals surface area contributed by atoms with Crippen molar-refractivity contribution in [1.29, 1.82) is 0 Å². The van der Waals surface area contributed by atoms with Gasteiger partial charge in [-0.3, -0.25) is 19.3 Å². The molecular formula is C18H26N4O4. The molecule has 0 bridgehead atoms. The minimum atomic E-state index is -0.699. The van der Waals surface area contributed by atoms with Crippen LogP contribution in [0.25, 0.3) is 0 Å². The van der Waals surface area contributed by atoms with Crippen molar-refractivity contribution in [3.63, 3.8) is 0 Å². The van der Waals surface area contributed by atoms with Gasteiger partial charge in [0.25, 0.3) is 0 Å². The Morgan fingerprint density at radius 1 is 1.31 bits per heavy atom. The third kappa shape index (κ3) is 4.80. The Morgan fingerprint density at radius 2 is 2.04 bits per heavy atom. The van der Waals surface area contributed by atoms with Gasteiger partial charge in [0.2, 0.25) is 5.91 Å². The highest BCUT2D eigenvalue weighted by molar-refractivity contribution is 6.39. The number of nitrogens with zero attached hydrogens (tertiary/aromatic N) is 3. The lowest BCUT2D eigenvalue weighted by Gasteiger charge is -2.39. The maximum atomic E-state index is 12.4. The fourth-order valence-corrected chi connectivity index (χ4v) is 2.94. The first-order valence-corrected chi connectivity index (χ1v) is 8.63. The van der Waals surface area contributed by atoms with Gasteiger partial charge in [-0.15, -0.1) is 0 Å². The molecule has 1 aliphatic heterocycles. The molecule has 1 heterocycles. The van der Waals surface area contributed by atoms with E-state index in [-0.39, 0.29) is 18.6 Å². The van der Waals surface area contributed by atoms with E-state index in [1.165, 1.54) is 16.7 Å². The topological polar surface area (TPSA) is 93.2 Å². The minimum absolute atomic E-state index is 0.0732. The van der Waals surface area contributed by atoms with E-state index < -0.39 is 11.8 Å². The van der Waals surface area contributed by atoms with E-state index in [2.05, 4.69) is 10.2 Å². The van der Waals surface area contributed by atoms with Crippen LogP contribution in [0.2, 0.25) is 0 Å². The van der Waals surface area contributed by atoms with Gasteiger partial charge in [0.05, 0.1) is 6.61 Å². The second-order valence-corrected chi connectivity index (χ2v) is 6.44. The number of rotatable bonds is 4. The van der Waals surface area contributed by atoms with Crippen molar-refractivity contribution in [1.82, 2.24) is 9.80 Å². The summed E-state index contributed by atoms with van der Waals surface area (Å²) in [5.41, 5.74) is 1.09. The third-order valence-corrected chi connectivity index (χ3v) is 4.60. The predicted molar refractivity (Wildman–Crippen MR) is 98.9 cm³/mol. The van der Waals surface area contributed by atoms with Gasteiger partial charge in [-0.05, 0) is 25.1 Å². The quantitative estimate of drug-likeness (QED) is 0.743. The molecule has 2 rings (SSSR count). The first kappa shape index (κ1) is 19.9. The molecule has 2 N–H and O–H groups in total. The van der Waals surface area contributed by atoms with Crippen LogP contribution in [0.15, 0.2) is 24.3 Å². The van der Waals surface area contributed by atoms with Gasteiger partial charge in [-0.2, -0.15) is 0 Å².